The number of carbonyl (C=O) groups excluding carboxylic acids is 1. The average molecular weight is 266 g/mol. The number of nitrogen functional groups attached to an aromatic ring is 1. The highest BCUT2D eigenvalue weighted by Gasteiger charge is 2.30. The number of aryl methyl sites for hydroxylation is 1. The predicted molar refractivity (Wildman–Crippen MR) is 72.7 cm³/mol. The van der Waals surface area contributed by atoms with Crippen LogP contribution in [0.1, 0.15) is 18.4 Å². The van der Waals surface area contributed by atoms with Gasteiger partial charge in [0.2, 0.25) is 5.91 Å². The second kappa shape index (κ2) is 5.10. The van der Waals surface area contributed by atoms with E-state index in [0.29, 0.717) is 16.6 Å². The Morgan fingerprint density at radius 3 is 2.78 bits per heavy atom. The number of hydrogen-bond acceptors (Lipinski definition) is 3. The predicted octanol–water partition coefficient (Wildman–Crippen LogP) is 1.31. The molecule has 1 atom stereocenters. The highest BCUT2D eigenvalue weighted by molar-refractivity contribution is 7.86. The lowest BCUT2D eigenvalue weighted by Crippen LogP contribution is -2.32. The summed E-state index contributed by atoms with van der Waals surface area (Å²) in [4.78, 5) is 14.2. The number of amides is 1. The first-order valence-corrected chi connectivity index (χ1v) is 7.31. The Bertz CT molecular complexity index is 498. The number of anilines is 1. The van der Waals surface area contributed by atoms with Crippen molar-refractivity contribution in [3.8, 4) is 0 Å². The topological polar surface area (TPSA) is 63.4 Å². The third-order valence-corrected chi connectivity index (χ3v) is 4.51. The first kappa shape index (κ1) is 13.1. The molecule has 1 aliphatic carbocycles. The van der Waals surface area contributed by atoms with Crippen molar-refractivity contribution in [3.05, 3.63) is 23.8 Å². The van der Waals surface area contributed by atoms with E-state index in [1.54, 1.807) is 24.1 Å². The van der Waals surface area contributed by atoms with Crippen molar-refractivity contribution in [3.63, 3.8) is 0 Å². The highest BCUT2D eigenvalue weighted by Crippen LogP contribution is 2.26. The molecule has 0 aliphatic heterocycles. The molecule has 98 valence electrons. The van der Waals surface area contributed by atoms with Crippen LogP contribution in [0.5, 0.6) is 0 Å². The molecule has 1 aromatic rings. The maximum absolute atomic E-state index is 12.2. The molecule has 0 bridgehead atoms. The van der Waals surface area contributed by atoms with Crippen molar-refractivity contribution in [1.29, 1.82) is 0 Å². The lowest BCUT2D eigenvalue weighted by Gasteiger charge is -2.16. The number of benzene rings is 1. The number of hydrogen-bond donors (Lipinski definition) is 1. The van der Waals surface area contributed by atoms with Gasteiger partial charge in [-0.25, -0.2) is 0 Å². The van der Waals surface area contributed by atoms with Crippen molar-refractivity contribution in [2.24, 2.45) is 0 Å². The SMILES string of the molecule is Cc1ccc(N)c(S(=O)CC(=O)N(C)C2CC2)c1. The van der Waals surface area contributed by atoms with E-state index in [0.717, 1.165) is 18.4 Å². The Morgan fingerprint density at radius 1 is 1.50 bits per heavy atom. The monoisotopic (exact) mass is 266 g/mol. The van der Waals surface area contributed by atoms with Crippen LogP contribution in [0.3, 0.4) is 0 Å². The molecule has 1 amide bonds. The normalized spacial score (nSPS) is 16.3. The fourth-order valence-electron chi connectivity index (χ4n) is 1.80. The zero-order valence-corrected chi connectivity index (χ0v) is 11.5. The van der Waals surface area contributed by atoms with Crippen LogP contribution >= 0.6 is 0 Å². The molecule has 1 aliphatic rings. The Hall–Kier alpha value is -1.36. The van der Waals surface area contributed by atoms with E-state index in [4.69, 9.17) is 5.73 Å². The summed E-state index contributed by atoms with van der Waals surface area (Å²) in [6, 6.07) is 5.74. The number of rotatable bonds is 4. The molecule has 0 aromatic heterocycles. The van der Waals surface area contributed by atoms with Crippen LogP contribution in [0.25, 0.3) is 0 Å². The highest BCUT2D eigenvalue weighted by atomic mass is 32.2. The zero-order chi connectivity index (χ0) is 13.3. The van der Waals surface area contributed by atoms with E-state index in [1.165, 1.54) is 0 Å². The van der Waals surface area contributed by atoms with Crippen molar-refractivity contribution in [1.82, 2.24) is 4.90 Å². The molecule has 0 heterocycles. The molecule has 0 spiro atoms. The molecule has 0 radical (unpaired) electrons. The zero-order valence-electron chi connectivity index (χ0n) is 10.7. The van der Waals surface area contributed by atoms with Crippen LogP contribution < -0.4 is 5.73 Å². The summed E-state index contributed by atoms with van der Waals surface area (Å²) in [5.41, 5.74) is 7.28. The standard InChI is InChI=1S/C13H18N2O2S/c1-9-3-6-11(14)12(7-9)18(17)8-13(16)15(2)10-4-5-10/h3,6-7,10H,4-5,8,14H2,1-2H3. The van der Waals surface area contributed by atoms with Crippen LogP contribution in [-0.2, 0) is 15.6 Å². The van der Waals surface area contributed by atoms with Gasteiger partial charge < -0.3 is 10.6 Å². The van der Waals surface area contributed by atoms with E-state index >= 15 is 0 Å². The van der Waals surface area contributed by atoms with Gasteiger partial charge in [-0.3, -0.25) is 9.00 Å². The molecule has 2 rings (SSSR count). The molecule has 4 nitrogen and oxygen atoms in total. The molecule has 1 saturated carbocycles. The van der Waals surface area contributed by atoms with Gasteiger partial charge in [-0.1, -0.05) is 6.07 Å². The van der Waals surface area contributed by atoms with Gasteiger partial charge in [-0.2, -0.15) is 0 Å². The van der Waals surface area contributed by atoms with E-state index < -0.39 is 10.8 Å². The van der Waals surface area contributed by atoms with Gasteiger partial charge in [0.1, 0.15) is 5.75 Å². The second-order valence-electron chi connectivity index (χ2n) is 4.77. The van der Waals surface area contributed by atoms with Crippen molar-refractivity contribution in [2.75, 3.05) is 18.5 Å². The summed E-state index contributed by atoms with van der Waals surface area (Å²) < 4.78 is 12.2. The van der Waals surface area contributed by atoms with E-state index in [9.17, 15) is 9.00 Å². The molecule has 0 saturated heterocycles. The van der Waals surface area contributed by atoms with Gasteiger partial charge in [0.25, 0.3) is 0 Å². The molecule has 2 N–H and O–H groups in total. The van der Waals surface area contributed by atoms with Crippen LogP contribution in [-0.4, -0.2) is 33.9 Å². The van der Waals surface area contributed by atoms with Gasteiger partial charge in [-0.05, 0) is 37.5 Å². The Kier molecular flexibility index (Phi) is 3.71. The summed E-state index contributed by atoms with van der Waals surface area (Å²) in [5.74, 6) is -0.0579. The Balaban J connectivity index is 2.07. The molecular weight excluding hydrogens is 248 g/mol. The first-order chi connectivity index (χ1) is 8.49. The minimum absolute atomic E-state index is 0.0145. The summed E-state index contributed by atoms with van der Waals surface area (Å²) in [6.45, 7) is 1.91. The number of nitrogens with zero attached hydrogens (tertiary/aromatic N) is 1. The fourth-order valence-corrected chi connectivity index (χ4v) is 3.03. The summed E-state index contributed by atoms with van der Waals surface area (Å²) in [7, 11) is 0.414. The minimum atomic E-state index is -1.36. The Morgan fingerprint density at radius 2 is 2.17 bits per heavy atom. The van der Waals surface area contributed by atoms with Crippen molar-refractivity contribution >= 4 is 22.4 Å². The van der Waals surface area contributed by atoms with Crippen LogP contribution in [0, 0.1) is 6.92 Å². The molecule has 5 heteroatoms. The summed E-state index contributed by atoms with van der Waals surface area (Å²) in [5, 5.41) is 0. The largest absolute Gasteiger partial charge is 0.398 e. The average Bonchev–Trinajstić information content (AvgIpc) is 3.15. The smallest absolute Gasteiger partial charge is 0.235 e. The summed E-state index contributed by atoms with van der Waals surface area (Å²) in [6.07, 6.45) is 2.11. The molecule has 1 aromatic carbocycles. The van der Waals surface area contributed by atoms with Crippen LogP contribution in [0.15, 0.2) is 23.1 Å². The third kappa shape index (κ3) is 2.90. The quantitative estimate of drug-likeness (QED) is 0.836. The number of nitrogens with two attached hydrogens (primary N) is 1. The van der Waals surface area contributed by atoms with Gasteiger partial charge in [0.15, 0.2) is 0 Å². The number of carbonyl (C=O) groups is 1. The second-order valence-corrected chi connectivity index (χ2v) is 6.19. The lowest BCUT2D eigenvalue weighted by atomic mass is 10.2. The van der Waals surface area contributed by atoms with Crippen molar-refractivity contribution < 1.29 is 9.00 Å². The van der Waals surface area contributed by atoms with Gasteiger partial charge in [0, 0.05) is 18.8 Å². The molecule has 1 unspecified atom stereocenters. The maximum Gasteiger partial charge on any atom is 0.235 e. The van der Waals surface area contributed by atoms with Crippen molar-refractivity contribution in [2.45, 2.75) is 30.7 Å². The van der Waals surface area contributed by atoms with E-state index in [1.807, 2.05) is 13.0 Å². The van der Waals surface area contributed by atoms with Gasteiger partial charge in [0.05, 0.1) is 15.7 Å². The third-order valence-electron chi connectivity index (χ3n) is 3.16. The van der Waals surface area contributed by atoms with E-state index in [2.05, 4.69) is 0 Å². The molecular formula is C13H18N2O2S. The summed E-state index contributed by atoms with van der Waals surface area (Å²) >= 11 is 0. The Labute approximate surface area is 110 Å². The molecule has 1 fully saturated rings. The van der Waals surface area contributed by atoms with Crippen LogP contribution in [0.2, 0.25) is 0 Å². The van der Waals surface area contributed by atoms with Gasteiger partial charge in [-0.15, -0.1) is 0 Å². The van der Waals surface area contributed by atoms with Gasteiger partial charge >= 0.3 is 0 Å². The minimum Gasteiger partial charge on any atom is -0.398 e. The maximum atomic E-state index is 12.2. The fraction of sp³-hybridized carbons (Fsp3) is 0.462. The first-order valence-electron chi connectivity index (χ1n) is 5.99. The van der Waals surface area contributed by atoms with Crippen LogP contribution in [0.4, 0.5) is 5.69 Å². The van der Waals surface area contributed by atoms with E-state index in [-0.39, 0.29) is 11.7 Å². The molecule has 18 heavy (non-hydrogen) atoms. The lowest BCUT2D eigenvalue weighted by molar-refractivity contribution is -0.127.